The molecular weight excluding hydrogens is 435 g/mol. The van der Waals surface area contributed by atoms with E-state index in [4.69, 9.17) is 4.74 Å². The minimum atomic E-state index is -1.03. The van der Waals surface area contributed by atoms with Crippen molar-refractivity contribution in [2.75, 3.05) is 13.7 Å². The lowest BCUT2D eigenvalue weighted by Gasteiger charge is -2.28. The first-order chi connectivity index (χ1) is 15.8. The van der Waals surface area contributed by atoms with Crippen molar-refractivity contribution in [1.29, 1.82) is 0 Å². The number of aliphatic hydroxyl groups is 1. The maximum absolute atomic E-state index is 14.9. The van der Waals surface area contributed by atoms with Crippen LogP contribution in [-0.2, 0) is 24.2 Å². The molecule has 172 valence electrons. The zero-order valence-corrected chi connectivity index (χ0v) is 18.1. The molecule has 1 N–H and O–H groups in total. The highest BCUT2D eigenvalue weighted by molar-refractivity contribution is 5.75. The van der Waals surface area contributed by atoms with Gasteiger partial charge >= 0.3 is 0 Å². The van der Waals surface area contributed by atoms with Crippen LogP contribution in [0.15, 0.2) is 30.3 Å². The number of methoxy groups -OCH3 is 1. The largest absolute Gasteiger partial charge is 0.497 e. The fraction of sp³-hybridized carbons (Fsp3) is 0.333. The molecule has 0 spiro atoms. The summed E-state index contributed by atoms with van der Waals surface area (Å²) in [5, 5.41) is 15.5. The average Bonchev–Trinajstić information content (AvgIpc) is 3.30. The van der Waals surface area contributed by atoms with Gasteiger partial charge in [0.2, 0.25) is 5.91 Å². The molecule has 0 fully saturated rings. The standard InChI is InChI=1S/C24H22F3N3O3/c1-12(31)29-6-5-21-18(11-29)23(17-9-14(33-2)3-4-19(17)26)28-30(21)24-16-7-13(25)8-20(27)15(16)10-22(24)32/h3-4,7-9,22,24,32H,5-6,10-11H2,1-2H3/t22-,24-/m1/s1. The van der Waals surface area contributed by atoms with Crippen molar-refractivity contribution in [3.05, 3.63) is 70.2 Å². The second-order valence-corrected chi connectivity index (χ2v) is 8.43. The normalized spacial score (nSPS) is 19.4. The molecule has 0 saturated carbocycles. The van der Waals surface area contributed by atoms with Crippen molar-refractivity contribution in [1.82, 2.24) is 14.7 Å². The number of fused-ring (bicyclic) bond motifs is 2. The highest BCUT2D eigenvalue weighted by Gasteiger charge is 2.39. The van der Waals surface area contributed by atoms with Gasteiger partial charge in [-0.1, -0.05) is 0 Å². The number of aromatic nitrogens is 2. The predicted octanol–water partition coefficient (Wildman–Crippen LogP) is 3.39. The van der Waals surface area contributed by atoms with Crippen LogP contribution >= 0.6 is 0 Å². The predicted molar refractivity (Wildman–Crippen MR) is 113 cm³/mol. The Hall–Kier alpha value is -3.33. The Balaban J connectivity index is 1.72. The molecule has 3 aromatic rings. The molecule has 6 nitrogen and oxygen atoms in total. The Morgan fingerprint density at radius 3 is 2.67 bits per heavy atom. The van der Waals surface area contributed by atoms with E-state index in [0.717, 1.165) is 6.07 Å². The Morgan fingerprint density at radius 1 is 1.15 bits per heavy atom. The molecule has 0 radical (unpaired) electrons. The monoisotopic (exact) mass is 457 g/mol. The van der Waals surface area contributed by atoms with E-state index in [9.17, 15) is 23.1 Å². The van der Waals surface area contributed by atoms with Crippen molar-refractivity contribution in [3.8, 4) is 17.0 Å². The maximum Gasteiger partial charge on any atom is 0.219 e. The Morgan fingerprint density at radius 2 is 1.94 bits per heavy atom. The summed E-state index contributed by atoms with van der Waals surface area (Å²) in [6.07, 6.45) is -0.610. The Bertz CT molecular complexity index is 1270. The summed E-state index contributed by atoms with van der Waals surface area (Å²) in [4.78, 5) is 13.7. The van der Waals surface area contributed by atoms with Crippen LogP contribution in [0.1, 0.15) is 35.3 Å². The number of aliphatic hydroxyl groups excluding tert-OH is 1. The number of ether oxygens (including phenoxy) is 1. The Kier molecular flexibility index (Phi) is 5.16. The fourth-order valence-corrected chi connectivity index (χ4v) is 4.90. The van der Waals surface area contributed by atoms with Crippen LogP contribution < -0.4 is 4.74 Å². The van der Waals surface area contributed by atoms with E-state index < -0.39 is 29.6 Å². The maximum atomic E-state index is 14.9. The highest BCUT2D eigenvalue weighted by Crippen LogP contribution is 2.41. The van der Waals surface area contributed by atoms with Crippen LogP contribution in [0.2, 0.25) is 0 Å². The summed E-state index contributed by atoms with van der Waals surface area (Å²) in [5.74, 6) is -1.67. The van der Waals surface area contributed by atoms with E-state index in [0.29, 0.717) is 41.2 Å². The fourth-order valence-electron chi connectivity index (χ4n) is 4.90. The van der Waals surface area contributed by atoms with Gasteiger partial charge in [0.1, 0.15) is 34.9 Å². The van der Waals surface area contributed by atoms with Crippen LogP contribution in [0, 0.1) is 17.5 Å². The highest BCUT2D eigenvalue weighted by atomic mass is 19.1. The molecule has 1 amide bonds. The van der Waals surface area contributed by atoms with E-state index in [1.165, 1.54) is 38.3 Å². The third-order valence-corrected chi connectivity index (χ3v) is 6.51. The minimum absolute atomic E-state index is 0.0170. The number of carbonyl (C=O) groups excluding carboxylic acids is 1. The van der Waals surface area contributed by atoms with Gasteiger partial charge in [-0.05, 0) is 35.4 Å². The van der Waals surface area contributed by atoms with E-state index in [1.807, 2.05) is 0 Å². The lowest BCUT2D eigenvalue weighted by atomic mass is 9.99. The van der Waals surface area contributed by atoms with E-state index in [1.54, 1.807) is 9.58 Å². The Labute approximate surface area is 188 Å². The molecule has 33 heavy (non-hydrogen) atoms. The first-order valence-corrected chi connectivity index (χ1v) is 10.6. The molecule has 9 heteroatoms. The van der Waals surface area contributed by atoms with Crippen LogP contribution in [0.3, 0.4) is 0 Å². The van der Waals surface area contributed by atoms with Gasteiger partial charge in [-0.25, -0.2) is 13.2 Å². The molecule has 2 atom stereocenters. The summed E-state index contributed by atoms with van der Waals surface area (Å²) >= 11 is 0. The summed E-state index contributed by atoms with van der Waals surface area (Å²) < 4.78 is 50.2. The zero-order valence-electron chi connectivity index (χ0n) is 18.1. The van der Waals surface area contributed by atoms with Crippen LogP contribution in [0.25, 0.3) is 11.3 Å². The molecule has 0 saturated heterocycles. The summed E-state index contributed by atoms with van der Waals surface area (Å²) in [6.45, 7) is 2.09. The molecule has 1 aromatic heterocycles. The van der Waals surface area contributed by atoms with Crippen molar-refractivity contribution in [2.45, 2.75) is 38.5 Å². The summed E-state index contributed by atoms with van der Waals surface area (Å²) in [5.41, 5.74) is 2.40. The number of benzene rings is 2. The topological polar surface area (TPSA) is 67.6 Å². The van der Waals surface area contributed by atoms with Crippen LogP contribution in [0.5, 0.6) is 5.75 Å². The quantitative estimate of drug-likeness (QED) is 0.655. The third-order valence-electron chi connectivity index (χ3n) is 6.51. The molecule has 2 aromatic carbocycles. The van der Waals surface area contributed by atoms with Gasteiger partial charge < -0.3 is 14.7 Å². The SMILES string of the molecule is COc1ccc(F)c(-c2nn([C@@H]3c4cc(F)cc(F)c4C[C@H]3O)c3c2CN(C(C)=O)CC3)c1. The zero-order chi connectivity index (χ0) is 23.4. The van der Waals surface area contributed by atoms with Gasteiger partial charge in [-0.15, -0.1) is 0 Å². The number of nitrogens with zero attached hydrogens (tertiary/aromatic N) is 3. The van der Waals surface area contributed by atoms with Gasteiger partial charge in [0.15, 0.2) is 0 Å². The molecule has 5 rings (SSSR count). The summed E-state index contributed by atoms with van der Waals surface area (Å²) in [7, 11) is 1.47. The van der Waals surface area contributed by atoms with Gasteiger partial charge in [0.05, 0.1) is 13.2 Å². The van der Waals surface area contributed by atoms with E-state index >= 15 is 0 Å². The molecule has 1 aliphatic heterocycles. The number of rotatable bonds is 3. The first kappa shape index (κ1) is 21.5. The third kappa shape index (κ3) is 3.47. The van der Waals surface area contributed by atoms with E-state index in [-0.39, 0.29) is 30.0 Å². The smallest absolute Gasteiger partial charge is 0.219 e. The van der Waals surface area contributed by atoms with Crippen molar-refractivity contribution in [2.24, 2.45) is 0 Å². The van der Waals surface area contributed by atoms with Crippen molar-refractivity contribution >= 4 is 5.91 Å². The second-order valence-electron chi connectivity index (χ2n) is 8.43. The first-order valence-electron chi connectivity index (χ1n) is 10.6. The number of halogens is 3. The van der Waals surface area contributed by atoms with Crippen LogP contribution in [-0.4, -0.2) is 45.5 Å². The summed E-state index contributed by atoms with van der Waals surface area (Å²) in [6, 6.07) is 5.47. The number of hydrogen-bond acceptors (Lipinski definition) is 4. The molecule has 2 heterocycles. The lowest BCUT2D eigenvalue weighted by molar-refractivity contribution is -0.129. The molecule has 1 aliphatic carbocycles. The van der Waals surface area contributed by atoms with Crippen LogP contribution in [0.4, 0.5) is 13.2 Å². The molecule has 0 bridgehead atoms. The molecule has 0 unspecified atom stereocenters. The second kappa shape index (κ2) is 7.91. The average molecular weight is 457 g/mol. The minimum Gasteiger partial charge on any atom is -0.497 e. The van der Waals surface area contributed by atoms with E-state index in [2.05, 4.69) is 5.10 Å². The number of hydrogen-bond donors (Lipinski definition) is 1. The van der Waals surface area contributed by atoms with Crippen molar-refractivity contribution < 1.29 is 27.8 Å². The lowest BCUT2D eigenvalue weighted by Crippen LogP contribution is -2.35. The van der Waals surface area contributed by atoms with Gasteiger partial charge in [-0.3, -0.25) is 9.48 Å². The molecular formula is C24H22F3N3O3. The van der Waals surface area contributed by atoms with Gasteiger partial charge in [0, 0.05) is 55.7 Å². The number of carbonyl (C=O) groups is 1. The number of amides is 1. The van der Waals surface area contributed by atoms with Crippen molar-refractivity contribution in [3.63, 3.8) is 0 Å². The van der Waals surface area contributed by atoms with Gasteiger partial charge in [-0.2, -0.15) is 5.10 Å². The molecule has 2 aliphatic rings. The van der Waals surface area contributed by atoms with Gasteiger partial charge in [0.25, 0.3) is 0 Å².